The molecule has 0 unspecified atom stereocenters. The minimum absolute atomic E-state index is 0.101. The number of sulfonamides is 1. The van der Waals surface area contributed by atoms with Gasteiger partial charge in [-0.25, -0.2) is 0 Å². The lowest BCUT2D eigenvalue weighted by molar-refractivity contribution is 0.102. The molecule has 8 heteroatoms. The molecule has 2 aliphatic heterocycles. The van der Waals surface area contributed by atoms with Crippen molar-refractivity contribution in [2.45, 2.75) is 35.5 Å². The third-order valence-electron chi connectivity index (χ3n) is 4.97. The Morgan fingerprint density at radius 3 is 2.79 bits per heavy atom. The number of amides is 1. The molecule has 2 aromatic rings. The molecule has 28 heavy (non-hydrogen) atoms. The van der Waals surface area contributed by atoms with Crippen molar-refractivity contribution < 1.29 is 13.2 Å². The van der Waals surface area contributed by atoms with Crippen LogP contribution in [0.1, 0.15) is 36.0 Å². The van der Waals surface area contributed by atoms with Gasteiger partial charge in [0, 0.05) is 23.4 Å². The smallest absolute Gasteiger partial charge is 0.286 e. The average molecular weight is 416 g/mol. The monoisotopic (exact) mass is 415 g/mol. The maximum Gasteiger partial charge on any atom is 0.286 e. The van der Waals surface area contributed by atoms with Crippen LogP contribution in [-0.4, -0.2) is 33.0 Å². The zero-order valence-electron chi connectivity index (χ0n) is 15.5. The summed E-state index contributed by atoms with van der Waals surface area (Å²) in [5.74, 6) is 0.265. The number of benzene rings is 2. The van der Waals surface area contributed by atoms with Crippen molar-refractivity contribution in [3.63, 3.8) is 0 Å². The van der Waals surface area contributed by atoms with Gasteiger partial charge in [0.25, 0.3) is 15.9 Å². The summed E-state index contributed by atoms with van der Waals surface area (Å²) in [6, 6.07) is 12.3. The number of amidine groups is 1. The van der Waals surface area contributed by atoms with E-state index in [0.29, 0.717) is 29.2 Å². The average Bonchev–Trinajstić information content (AvgIpc) is 2.93. The molecular weight excluding hydrogens is 394 g/mol. The van der Waals surface area contributed by atoms with E-state index in [4.69, 9.17) is 0 Å². The van der Waals surface area contributed by atoms with Gasteiger partial charge >= 0.3 is 0 Å². The van der Waals surface area contributed by atoms with Crippen LogP contribution in [0.25, 0.3) is 0 Å². The van der Waals surface area contributed by atoms with Crippen molar-refractivity contribution in [2.24, 2.45) is 4.40 Å². The molecule has 0 aliphatic carbocycles. The van der Waals surface area contributed by atoms with Crippen molar-refractivity contribution in [1.82, 2.24) is 0 Å². The molecule has 0 atom stereocenters. The van der Waals surface area contributed by atoms with Crippen LogP contribution in [0.2, 0.25) is 0 Å². The van der Waals surface area contributed by atoms with Gasteiger partial charge < -0.3 is 10.2 Å². The number of nitrogens with zero attached hydrogens (tertiary/aromatic N) is 2. The first-order valence-electron chi connectivity index (χ1n) is 9.19. The fraction of sp³-hybridized carbons (Fsp3) is 0.300. The largest absolute Gasteiger partial charge is 0.328 e. The molecular formula is C20H21N3O3S2. The van der Waals surface area contributed by atoms with E-state index in [9.17, 15) is 13.2 Å². The van der Waals surface area contributed by atoms with Gasteiger partial charge in [0.15, 0.2) is 0 Å². The number of nitrogens with one attached hydrogen (secondary N) is 1. The van der Waals surface area contributed by atoms with Gasteiger partial charge in [0.2, 0.25) is 0 Å². The Morgan fingerprint density at radius 2 is 1.96 bits per heavy atom. The van der Waals surface area contributed by atoms with Crippen molar-refractivity contribution in [3.05, 3.63) is 48.0 Å². The number of carbonyl (C=O) groups is 1. The summed E-state index contributed by atoms with van der Waals surface area (Å²) >= 11 is 1.53. The summed E-state index contributed by atoms with van der Waals surface area (Å²) in [6.45, 7) is 0.744. The second-order valence-corrected chi connectivity index (χ2v) is 9.20. The van der Waals surface area contributed by atoms with Crippen LogP contribution in [0, 0.1) is 0 Å². The number of thioether (sulfide) groups is 1. The molecule has 2 aliphatic rings. The Balaban J connectivity index is 1.69. The molecule has 0 spiro atoms. The lowest BCUT2D eigenvalue weighted by Gasteiger charge is -2.29. The topological polar surface area (TPSA) is 78.8 Å². The summed E-state index contributed by atoms with van der Waals surface area (Å²) in [6.07, 6.45) is 5.58. The summed E-state index contributed by atoms with van der Waals surface area (Å²) in [4.78, 5) is 15.8. The molecule has 0 bridgehead atoms. The van der Waals surface area contributed by atoms with Gasteiger partial charge in [-0.15, -0.1) is 16.2 Å². The van der Waals surface area contributed by atoms with Crippen molar-refractivity contribution in [3.8, 4) is 0 Å². The third-order valence-corrected chi connectivity index (χ3v) is 7.09. The van der Waals surface area contributed by atoms with Crippen LogP contribution in [0.3, 0.4) is 0 Å². The fourth-order valence-electron chi connectivity index (χ4n) is 3.56. The Kier molecular flexibility index (Phi) is 5.16. The minimum atomic E-state index is -3.81. The van der Waals surface area contributed by atoms with E-state index in [2.05, 4.69) is 9.71 Å². The molecule has 6 nitrogen and oxygen atoms in total. The van der Waals surface area contributed by atoms with E-state index in [1.165, 1.54) is 17.8 Å². The lowest BCUT2D eigenvalue weighted by atomic mass is 10.1. The molecule has 1 amide bonds. The van der Waals surface area contributed by atoms with Gasteiger partial charge in [0.1, 0.15) is 10.7 Å². The number of para-hydroxylation sites is 1. The summed E-state index contributed by atoms with van der Waals surface area (Å²) in [7, 11) is -3.81. The number of fused-ring (bicyclic) bond motifs is 3. The summed E-state index contributed by atoms with van der Waals surface area (Å²) in [5.41, 5.74) is 1.62. The van der Waals surface area contributed by atoms with Crippen LogP contribution >= 0.6 is 11.8 Å². The van der Waals surface area contributed by atoms with Crippen LogP contribution in [0.5, 0.6) is 0 Å². The van der Waals surface area contributed by atoms with Gasteiger partial charge in [0.05, 0.1) is 11.4 Å². The predicted octanol–water partition coefficient (Wildman–Crippen LogP) is 4.14. The highest BCUT2D eigenvalue weighted by Gasteiger charge is 2.32. The minimum Gasteiger partial charge on any atom is -0.328 e. The number of hydrogen-bond donors (Lipinski definition) is 1. The quantitative estimate of drug-likeness (QED) is 0.762. The molecule has 4 rings (SSSR count). The molecule has 2 aromatic carbocycles. The number of carbonyl (C=O) groups excluding carboxylic acids is 1. The maximum absolute atomic E-state index is 12.8. The molecule has 2 heterocycles. The van der Waals surface area contributed by atoms with Crippen molar-refractivity contribution in [2.75, 3.05) is 23.0 Å². The highest BCUT2D eigenvalue weighted by Crippen LogP contribution is 2.35. The summed E-state index contributed by atoms with van der Waals surface area (Å²) < 4.78 is 29.5. The number of rotatable bonds is 3. The maximum atomic E-state index is 12.8. The van der Waals surface area contributed by atoms with Crippen LogP contribution in [0.4, 0.5) is 11.4 Å². The van der Waals surface area contributed by atoms with Crippen LogP contribution in [0.15, 0.2) is 56.7 Å². The molecule has 1 N–H and O–H groups in total. The fourth-order valence-corrected chi connectivity index (χ4v) is 5.40. The second kappa shape index (κ2) is 7.60. The highest BCUT2D eigenvalue weighted by molar-refractivity contribution is 7.98. The lowest BCUT2D eigenvalue weighted by Crippen LogP contribution is -2.35. The van der Waals surface area contributed by atoms with Gasteiger partial charge in [-0.2, -0.15) is 8.42 Å². The van der Waals surface area contributed by atoms with Crippen molar-refractivity contribution in [1.29, 1.82) is 0 Å². The molecule has 1 saturated heterocycles. The van der Waals surface area contributed by atoms with E-state index in [-0.39, 0.29) is 10.8 Å². The first kappa shape index (κ1) is 19.0. The van der Waals surface area contributed by atoms with Crippen LogP contribution < -0.4 is 10.2 Å². The van der Waals surface area contributed by atoms with E-state index in [0.717, 1.165) is 30.7 Å². The standard InChI is InChI=1S/C20H21N3O3S2/c1-27-17-8-5-4-7-15(17)21-20(24)14-10-11-16-18(13-14)28(25,26)22-19-9-3-2-6-12-23(16)19/h4-5,7-8,10-11,13H,2-3,6,9,12H2,1H3,(H,21,24). The third kappa shape index (κ3) is 3.54. The van der Waals surface area contributed by atoms with E-state index in [1.54, 1.807) is 12.1 Å². The zero-order valence-corrected chi connectivity index (χ0v) is 17.1. The first-order chi connectivity index (χ1) is 13.5. The summed E-state index contributed by atoms with van der Waals surface area (Å²) in [5, 5.41) is 2.87. The van der Waals surface area contributed by atoms with Gasteiger partial charge in [-0.05, 0) is 49.4 Å². The Hall–Kier alpha value is -2.32. The SMILES string of the molecule is CSc1ccccc1NC(=O)c1ccc2c(c1)S(=O)(=O)N=C1CCCCCN12. The molecule has 146 valence electrons. The Bertz CT molecular complexity index is 1060. The van der Waals surface area contributed by atoms with Gasteiger partial charge in [-0.1, -0.05) is 18.6 Å². The van der Waals surface area contributed by atoms with Gasteiger partial charge in [-0.3, -0.25) is 4.79 Å². The number of hydrogen-bond acceptors (Lipinski definition) is 5. The second-order valence-electron chi connectivity index (χ2n) is 6.78. The van der Waals surface area contributed by atoms with E-state index in [1.807, 2.05) is 35.4 Å². The van der Waals surface area contributed by atoms with Crippen LogP contribution in [-0.2, 0) is 10.0 Å². The normalized spacial score (nSPS) is 17.8. The Labute approximate surface area is 169 Å². The molecule has 0 radical (unpaired) electrons. The Morgan fingerprint density at radius 1 is 1.14 bits per heavy atom. The first-order valence-corrected chi connectivity index (χ1v) is 11.9. The molecule has 1 fully saturated rings. The predicted molar refractivity (Wildman–Crippen MR) is 113 cm³/mol. The van der Waals surface area contributed by atoms with Crippen molar-refractivity contribution >= 4 is 44.9 Å². The molecule has 0 aromatic heterocycles. The van der Waals surface area contributed by atoms with E-state index < -0.39 is 10.0 Å². The number of anilines is 2. The highest BCUT2D eigenvalue weighted by atomic mass is 32.2. The molecule has 0 saturated carbocycles. The zero-order chi connectivity index (χ0) is 19.7. The van der Waals surface area contributed by atoms with E-state index >= 15 is 0 Å².